The zero-order chi connectivity index (χ0) is 13.7. The fourth-order valence-corrected chi connectivity index (χ4v) is 1.42. The number of aromatic nitrogens is 2. The van der Waals surface area contributed by atoms with Crippen LogP contribution in [-0.2, 0) is 4.74 Å². The lowest BCUT2D eigenvalue weighted by molar-refractivity contribution is 0.102. The number of hydrogen-bond acceptors (Lipinski definition) is 4. The number of anilines is 2. The fraction of sp³-hybridized carbons (Fsp3) is 0.0833. The molecule has 1 aromatic heterocycles. The number of amides is 2. The molecule has 7 nitrogen and oxygen atoms in total. The molecule has 0 radical (unpaired) electrons. The fourth-order valence-electron chi connectivity index (χ4n) is 1.42. The Morgan fingerprint density at radius 2 is 1.95 bits per heavy atom. The smallest absolute Gasteiger partial charge is 0.412 e. The lowest BCUT2D eigenvalue weighted by atomic mass is 10.3. The highest BCUT2D eigenvalue weighted by Crippen LogP contribution is 2.13. The van der Waals surface area contributed by atoms with Gasteiger partial charge in [0.05, 0.1) is 13.4 Å². The first-order valence-corrected chi connectivity index (χ1v) is 5.45. The summed E-state index contributed by atoms with van der Waals surface area (Å²) in [6.07, 6.45) is 0.617. The van der Waals surface area contributed by atoms with Gasteiger partial charge in [0.2, 0.25) is 0 Å². The molecule has 0 saturated carbocycles. The maximum absolute atomic E-state index is 12.0. The predicted octanol–water partition coefficient (Wildman–Crippen LogP) is 1.84. The highest BCUT2D eigenvalue weighted by molar-refractivity contribution is 6.07. The van der Waals surface area contributed by atoms with Gasteiger partial charge < -0.3 is 15.0 Å². The Morgan fingerprint density at radius 3 is 2.63 bits per heavy atom. The van der Waals surface area contributed by atoms with E-state index >= 15 is 0 Å². The van der Waals surface area contributed by atoms with Gasteiger partial charge in [-0.1, -0.05) is 18.2 Å². The van der Waals surface area contributed by atoms with Crippen LogP contribution in [-0.4, -0.2) is 29.1 Å². The normalized spacial score (nSPS) is 9.74. The van der Waals surface area contributed by atoms with Crippen molar-refractivity contribution >= 4 is 23.5 Å². The molecular formula is C12H12N4O3. The van der Waals surface area contributed by atoms with Crippen molar-refractivity contribution in [3.05, 3.63) is 42.4 Å². The van der Waals surface area contributed by atoms with Crippen molar-refractivity contribution in [1.29, 1.82) is 0 Å². The molecule has 0 atom stereocenters. The first-order chi connectivity index (χ1) is 9.20. The topological polar surface area (TPSA) is 96.1 Å². The molecule has 19 heavy (non-hydrogen) atoms. The van der Waals surface area contributed by atoms with Crippen molar-refractivity contribution in [3.8, 4) is 0 Å². The first kappa shape index (κ1) is 12.6. The van der Waals surface area contributed by atoms with Crippen LogP contribution in [0.2, 0.25) is 0 Å². The zero-order valence-electron chi connectivity index (χ0n) is 10.1. The third kappa shape index (κ3) is 3.09. The Balaban J connectivity index is 2.12. The number of carbonyl (C=O) groups excluding carboxylic acids is 2. The lowest BCUT2D eigenvalue weighted by Crippen LogP contribution is -2.18. The molecule has 0 bridgehead atoms. The summed E-state index contributed by atoms with van der Waals surface area (Å²) in [4.78, 5) is 29.6. The summed E-state index contributed by atoms with van der Waals surface area (Å²) in [7, 11) is 1.23. The molecule has 0 fully saturated rings. The molecular weight excluding hydrogens is 248 g/mol. The minimum atomic E-state index is -0.694. The maximum Gasteiger partial charge on any atom is 0.412 e. The van der Waals surface area contributed by atoms with Crippen LogP contribution in [0.25, 0.3) is 0 Å². The number of carbonyl (C=O) groups is 2. The SMILES string of the molecule is COC(=O)Nc1nc[nH]c1C(=O)Nc1ccccc1. The molecule has 98 valence electrons. The Hall–Kier alpha value is -2.83. The summed E-state index contributed by atoms with van der Waals surface area (Å²) in [6.45, 7) is 0. The standard InChI is InChI=1S/C12H12N4O3/c1-19-12(18)16-10-9(13-7-14-10)11(17)15-8-5-3-2-4-6-8/h2-7H,1H3,(H,13,14)(H,15,17)(H,16,18). The van der Waals surface area contributed by atoms with Crippen LogP contribution >= 0.6 is 0 Å². The quantitative estimate of drug-likeness (QED) is 0.784. The number of H-pyrrole nitrogens is 1. The number of rotatable bonds is 3. The number of hydrogen-bond donors (Lipinski definition) is 3. The summed E-state index contributed by atoms with van der Waals surface area (Å²) in [5.74, 6) is -0.296. The van der Waals surface area contributed by atoms with Gasteiger partial charge in [0.15, 0.2) is 5.82 Å². The third-order valence-corrected chi connectivity index (χ3v) is 2.30. The van der Waals surface area contributed by atoms with Crippen molar-refractivity contribution in [1.82, 2.24) is 9.97 Å². The number of methoxy groups -OCH3 is 1. The van der Waals surface area contributed by atoms with Crippen molar-refractivity contribution in [2.75, 3.05) is 17.7 Å². The van der Waals surface area contributed by atoms with E-state index in [4.69, 9.17) is 0 Å². The molecule has 7 heteroatoms. The molecule has 3 N–H and O–H groups in total. The van der Waals surface area contributed by atoms with Crippen molar-refractivity contribution in [2.45, 2.75) is 0 Å². The monoisotopic (exact) mass is 260 g/mol. The number of imidazole rings is 1. The van der Waals surface area contributed by atoms with Gasteiger partial charge in [-0.2, -0.15) is 0 Å². The van der Waals surface area contributed by atoms with E-state index in [2.05, 4.69) is 25.3 Å². The molecule has 0 aliphatic rings. The largest absolute Gasteiger partial charge is 0.453 e. The highest BCUT2D eigenvalue weighted by Gasteiger charge is 2.16. The van der Waals surface area contributed by atoms with Crippen molar-refractivity contribution in [3.63, 3.8) is 0 Å². The minimum Gasteiger partial charge on any atom is -0.453 e. The number of benzene rings is 1. The van der Waals surface area contributed by atoms with Gasteiger partial charge >= 0.3 is 6.09 Å². The van der Waals surface area contributed by atoms with Crippen LogP contribution in [0.1, 0.15) is 10.5 Å². The van der Waals surface area contributed by atoms with Gasteiger partial charge in [-0.05, 0) is 12.1 Å². The van der Waals surface area contributed by atoms with Crippen LogP contribution in [0.3, 0.4) is 0 Å². The molecule has 0 unspecified atom stereocenters. The van der Waals surface area contributed by atoms with E-state index < -0.39 is 12.0 Å². The summed E-state index contributed by atoms with van der Waals surface area (Å²) in [6, 6.07) is 8.95. The van der Waals surface area contributed by atoms with E-state index in [9.17, 15) is 9.59 Å². The van der Waals surface area contributed by atoms with Gasteiger partial charge in [0.25, 0.3) is 5.91 Å². The Kier molecular flexibility index (Phi) is 3.77. The molecule has 1 aromatic carbocycles. The zero-order valence-corrected chi connectivity index (χ0v) is 10.1. The van der Waals surface area contributed by atoms with Crippen LogP contribution in [0.4, 0.5) is 16.3 Å². The molecule has 0 aliphatic heterocycles. The Bertz CT molecular complexity index is 580. The maximum atomic E-state index is 12.0. The molecule has 2 amide bonds. The highest BCUT2D eigenvalue weighted by atomic mass is 16.5. The summed E-state index contributed by atoms with van der Waals surface area (Å²) in [5.41, 5.74) is 0.792. The molecule has 2 aromatic rings. The van der Waals surface area contributed by atoms with Gasteiger partial charge in [-0.3, -0.25) is 10.1 Å². The van der Waals surface area contributed by atoms with E-state index in [-0.39, 0.29) is 11.5 Å². The summed E-state index contributed by atoms with van der Waals surface area (Å²) < 4.78 is 4.44. The second-order valence-electron chi connectivity index (χ2n) is 3.56. The second kappa shape index (κ2) is 5.67. The molecule has 1 heterocycles. The lowest BCUT2D eigenvalue weighted by Gasteiger charge is -2.05. The van der Waals surface area contributed by atoms with Crippen LogP contribution in [0.15, 0.2) is 36.7 Å². The van der Waals surface area contributed by atoms with Gasteiger partial charge in [0, 0.05) is 5.69 Å². The first-order valence-electron chi connectivity index (χ1n) is 5.45. The van der Waals surface area contributed by atoms with Gasteiger partial charge in [0.1, 0.15) is 5.69 Å². The van der Waals surface area contributed by atoms with Crippen molar-refractivity contribution in [2.24, 2.45) is 0 Å². The van der Waals surface area contributed by atoms with E-state index in [1.165, 1.54) is 13.4 Å². The van der Waals surface area contributed by atoms with Crippen LogP contribution in [0.5, 0.6) is 0 Å². The number of para-hydroxylation sites is 1. The molecule has 0 spiro atoms. The van der Waals surface area contributed by atoms with Crippen LogP contribution in [0, 0.1) is 0 Å². The number of nitrogens with one attached hydrogen (secondary N) is 3. The Labute approximate surface area is 109 Å². The predicted molar refractivity (Wildman–Crippen MR) is 69.0 cm³/mol. The summed E-state index contributed by atoms with van der Waals surface area (Å²) >= 11 is 0. The molecule has 0 saturated heterocycles. The van der Waals surface area contributed by atoms with E-state index in [1.54, 1.807) is 24.3 Å². The Morgan fingerprint density at radius 1 is 1.21 bits per heavy atom. The second-order valence-corrected chi connectivity index (χ2v) is 3.56. The van der Waals surface area contributed by atoms with Gasteiger partial charge in [-0.25, -0.2) is 9.78 Å². The number of ether oxygens (including phenoxy) is 1. The van der Waals surface area contributed by atoms with Gasteiger partial charge in [-0.15, -0.1) is 0 Å². The van der Waals surface area contributed by atoms with Crippen molar-refractivity contribution < 1.29 is 14.3 Å². The molecule has 2 rings (SSSR count). The summed E-state index contributed by atoms with van der Waals surface area (Å²) in [5, 5.41) is 5.02. The van der Waals surface area contributed by atoms with E-state index in [1.807, 2.05) is 6.07 Å². The minimum absolute atomic E-state index is 0.111. The van der Waals surface area contributed by atoms with E-state index in [0.29, 0.717) is 5.69 Å². The molecule has 0 aliphatic carbocycles. The third-order valence-electron chi connectivity index (χ3n) is 2.30. The van der Waals surface area contributed by atoms with E-state index in [0.717, 1.165) is 0 Å². The average Bonchev–Trinajstić information content (AvgIpc) is 2.88. The number of aromatic amines is 1. The average molecular weight is 260 g/mol. The number of nitrogens with zero attached hydrogens (tertiary/aromatic N) is 1. The van der Waals surface area contributed by atoms with Crippen LogP contribution < -0.4 is 10.6 Å².